The molecular formula is C15H21NO2. The molecular weight excluding hydrogens is 226 g/mol. The van der Waals surface area contributed by atoms with Crippen LogP contribution in [0.5, 0.6) is 5.75 Å². The lowest BCUT2D eigenvalue weighted by atomic mass is 10.2. The minimum atomic E-state index is -0.333. The van der Waals surface area contributed by atoms with Gasteiger partial charge in [0.25, 0.3) is 0 Å². The van der Waals surface area contributed by atoms with E-state index < -0.39 is 0 Å². The number of esters is 1. The van der Waals surface area contributed by atoms with Crippen LogP contribution in [0.2, 0.25) is 0 Å². The van der Waals surface area contributed by atoms with Crippen LogP contribution in [0.4, 0.5) is 5.69 Å². The van der Waals surface area contributed by atoms with E-state index in [-0.39, 0.29) is 5.97 Å². The van der Waals surface area contributed by atoms with Gasteiger partial charge in [-0.05, 0) is 32.4 Å². The van der Waals surface area contributed by atoms with Gasteiger partial charge in [0.15, 0.2) is 0 Å². The Bertz CT molecular complexity index is 420. The van der Waals surface area contributed by atoms with E-state index in [2.05, 4.69) is 12.2 Å². The molecule has 0 unspecified atom stereocenters. The molecule has 0 amide bonds. The van der Waals surface area contributed by atoms with Crippen LogP contribution in [0.1, 0.15) is 33.6 Å². The van der Waals surface area contributed by atoms with Crippen LogP contribution in [0.3, 0.4) is 0 Å². The molecule has 0 aliphatic carbocycles. The molecule has 0 saturated carbocycles. The van der Waals surface area contributed by atoms with E-state index in [9.17, 15) is 4.79 Å². The van der Waals surface area contributed by atoms with Crippen LogP contribution in [0.15, 0.2) is 35.9 Å². The summed E-state index contributed by atoms with van der Waals surface area (Å²) in [6.45, 7) is 6.81. The lowest BCUT2D eigenvalue weighted by Crippen LogP contribution is -2.05. The fourth-order valence-electron chi connectivity index (χ4n) is 1.46. The second kappa shape index (κ2) is 7.54. The van der Waals surface area contributed by atoms with E-state index in [1.807, 2.05) is 32.0 Å². The Hall–Kier alpha value is -1.77. The van der Waals surface area contributed by atoms with Crippen LogP contribution in [0.25, 0.3) is 0 Å². The van der Waals surface area contributed by atoms with Crippen molar-refractivity contribution in [1.29, 1.82) is 0 Å². The van der Waals surface area contributed by atoms with Crippen molar-refractivity contribution in [2.75, 3.05) is 11.9 Å². The van der Waals surface area contributed by atoms with Crippen molar-refractivity contribution in [3.8, 4) is 5.75 Å². The predicted octanol–water partition coefficient (Wildman–Crippen LogP) is 3.77. The smallest absolute Gasteiger partial charge is 0.336 e. The Kier molecular flexibility index (Phi) is 5.98. The number of unbranched alkanes of at least 4 members (excludes halogenated alkanes) is 1. The van der Waals surface area contributed by atoms with E-state index >= 15 is 0 Å². The summed E-state index contributed by atoms with van der Waals surface area (Å²) in [5.41, 5.74) is 1.91. The lowest BCUT2D eigenvalue weighted by Gasteiger charge is -2.07. The number of carbonyl (C=O) groups excluding carboxylic acids is 1. The van der Waals surface area contributed by atoms with Crippen LogP contribution >= 0.6 is 0 Å². The van der Waals surface area contributed by atoms with Gasteiger partial charge in [0.05, 0.1) is 0 Å². The van der Waals surface area contributed by atoms with Crippen molar-refractivity contribution in [3.63, 3.8) is 0 Å². The highest BCUT2D eigenvalue weighted by molar-refractivity contribution is 5.84. The first-order valence-electron chi connectivity index (χ1n) is 6.32. The van der Waals surface area contributed by atoms with E-state index in [0.29, 0.717) is 5.75 Å². The summed E-state index contributed by atoms with van der Waals surface area (Å²) in [5.74, 6) is 0.236. The van der Waals surface area contributed by atoms with Crippen molar-refractivity contribution >= 4 is 11.7 Å². The average Bonchev–Trinajstić information content (AvgIpc) is 2.28. The number of rotatable bonds is 6. The number of ether oxygens (including phenoxy) is 1. The summed E-state index contributed by atoms with van der Waals surface area (Å²) in [5, 5.41) is 3.29. The molecule has 3 nitrogen and oxygen atoms in total. The van der Waals surface area contributed by atoms with Gasteiger partial charge in [-0.2, -0.15) is 0 Å². The molecule has 0 fully saturated rings. The van der Waals surface area contributed by atoms with Gasteiger partial charge in [-0.15, -0.1) is 0 Å². The molecule has 1 N–H and O–H groups in total. The highest BCUT2D eigenvalue weighted by Gasteiger charge is 2.02. The van der Waals surface area contributed by atoms with Crippen LogP contribution < -0.4 is 10.1 Å². The third-order valence-corrected chi connectivity index (χ3v) is 2.32. The average molecular weight is 247 g/mol. The van der Waals surface area contributed by atoms with Gasteiger partial charge < -0.3 is 10.1 Å². The molecule has 0 spiro atoms. The number of nitrogens with one attached hydrogen (secondary N) is 1. The first kappa shape index (κ1) is 14.3. The lowest BCUT2D eigenvalue weighted by molar-refractivity contribution is -0.129. The van der Waals surface area contributed by atoms with E-state index in [1.54, 1.807) is 6.07 Å². The Labute approximate surface area is 109 Å². The molecule has 0 bridgehead atoms. The summed E-state index contributed by atoms with van der Waals surface area (Å²) in [7, 11) is 0. The number of anilines is 1. The topological polar surface area (TPSA) is 38.3 Å². The third-order valence-electron chi connectivity index (χ3n) is 2.32. The monoisotopic (exact) mass is 247 g/mol. The van der Waals surface area contributed by atoms with Crippen LogP contribution in [-0.2, 0) is 4.79 Å². The van der Waals surface area contributed by atoms with Gasteiger partial charge in [-0.1, -0.05) is 25.0 Å². The molecule has 98 valence electrons. The number of hydrogen-bond donors (Lipinski definition) is 1. The summed E-state index contributed by atoms with van der Waals surface area (Å²) in [4.78, 5) is 11.5. The van der Waals surface area contributed by atoms with E-state index in [4.69, 9.17) is 4.74 Å². The molecule has 0 heterocycles. The SMILES string of the molecule is CCCCNc1cccc(OC(=O)C=C(C)C)c1. The summed E-state index contributed by atoms with van der Waals surface area (Å²) in [6.07, 6.45) is 3.77. The molecule has 0 aliphatic rings. The molecule has 18 heavy (non-hydrogen) atoms. The summed E-state index contributed by atoms with van der Waals surface area (Å²) >= 11 is 0. The van der Waals surface area contributed by atoms with Crippen LogP contribution in [-0.4, -0.2) is 12.5 Å². The highest BCUT2D eigenvalue weighted by Crippen LogP contribution is 2.17. The van der Waals surface area contributed by atoms with Crippen molar-refractivity contribution in [3.05, 3.63) is 35.9 Å². The van der Waals surface area contributed by atoms with Crippen molar-refractivity contribution in [1.82, 2.24) is 0 Å². The summed E-state index contributed by atoms with van der Waals surface area (Å²) < 4.78 is 5.22. The first-order valence-corrected chi connectivity index (χ1v) is 6.32. The third kappa shape index (κ3) is 5.53. The zero-order valence-electron chi connectivity index (χ0n) is 11.3. The normalized spacial score (nSPS) is 9.72. The minimum absolute atomic E-state index is 0.333. The molecule has 0 aliphatic heterocycles. The van der Waals surface area contributed by atoms with E-state index in [0.717, 1.165) is 30.6 Å². The molecule has 0 saturated heterocycles. The number of allylic oxidation sites excluding steroid dienone is 1. The second-order valence-corrected chi connectivity index (χ2v) is 4.45. The van der Waals surface area contributed by atoms with Gasteiger partial charge in [0, 0.05) is 24.4 Å². The van der Waals surface area contributed by atoms with Crippen LogP contribution in [0, 0.1) is 0 Å². The Morgan fingerprint density at radius 3 is 2.83 bits per heavy atom. The molecule has 1 aromatic carbocycles. The standard InChI is InChI=1S/C15H21NO2/c1-4-5-9-16-13-7-6-8-14(11-13)18-15(17)10-12(2)3/h6-8,10-11,16H,4-5,9H2,1-3H3. The quantitative estimate of drug-likeness (QED) is 0.360. The molecule has 1 rings (SSSR count). The van der Waals surface area contributed by atoms with Gasteiger partial charge in [-0.25, -0.2) is 4.79 Å². The number of benzene rings is 1. The molecule has 1 aromatic rings. The maximum Gasteiger partial charge on any atom is 0.336 e. The fraction of sp³-hybridized carbons (Fsp3) is 0.400. The maximum atomic E-state index is 11.5. The molecule has 3 heteroatoms. The zero-order valence-corrected chi connectivity index (χ0v) is 11.3. The van der Waals surface area contributed by atoms with Gasteiger partial charge in [0.1, 0.15) is 5.75 Å². The first-order chi connectivity index (χ1) is 8.61. The molecule has 0 aromatic heterocycles. The van der Waals surface area contributed by atoms with Gasteiger partial charge in [-0.3, -0.25) is 0 Å². The Balaban J connectivity index is 2.59. The molecule has 0 radical (unpaired) electrons. The number of carbonyl (C=O) groups is 1. The van der Waals surface area contributed by atoms with Crippen molar-refractivity contribution in [2.24, 2.45) is 0 Å². The van der Waals surface area contributed by atoms with E-state index in [1.165, 1.54) is 6.08 Å². The molecule has 0 atom stereocenters. The summed E-state index contributed by atoms with van der Waals surface area (Å²) in [6, 6.07) is 7.46. The van der Waals surface area contributed by atoms with Crippen molar-refractivity contribution < 1.29 is 9.53 Å². The largest absolute Gasteiger partial charge is 0.423 e. The second-order valence-electron chi connectivity index (χ2n) is 4.45. The number of hydrogen-bond acceptors (Lipinski definition) is 3. The predicted molar refractivity (Wildman–Crippen MR) is 74.9 cm³/mol. The Morgan fingerprint density at radius 1 is 1.39 bits per heavy atom. The van der Waals surface area contributed by atoms with Crippen molar-refractivity contribution in [2.45, 2.75) is 33.6 Å². The fourth-order valence-corrected chi connectivity index (χ4v) is 1.46. The van der Waals surface area contributed by atoms with Gasteiger partial charge >= 0.3 is 5.97 Å². The Morgan fingerprint density at radius 2 is 2.17 bits per heavy atom. The maximum absolute atomic E-state index is 11.5. The minimum Gasteiger partial charge on any atom is -0.423 e. The highest BCUT2D eigenvalue weighted by atomic mass is 16.5. The zero-order chi connectivity index (χ0) is 13.4. The van der Waals surface area contributed by atoms with Gasteiger partial charge in [0.2, 0.25) is 0 Å².